The zero-order valence-corrected chi connectivity index (χ0v) is 10.6. The Morgan fingerprint density at radius 2 is 2.00 bits per heavy atom. The first-order valence-electron chi connectivity index (χ1n) is 6.13. The van der Waals surface area contributed by atoms with Crippen LogP contribution in [0.15, 0.2) is 48.5 Å². The van der Waals surface area contributed by atoms with Crippen LogP contribution in [0.4, 0.5) is 10.3 Å². The summed E-state index contributed by atoms with van der Waals surface area (Å²) in [6, 6.07) is 14.5. The lowest BCUT2D eigenvalue weighted by molar-refractivity contribution is 0.625. The molecule has 0 saturated carbocycles. The zero-order chi connectivity index (χ0) is 13.2. The maximum atomic E-state index is 13.1. The third-order valence-electron chi connectivity index (χ3n) is 3.05. The van der Waals surface area contributed by atoms with E-state index in [1.165, 1.54) is 6.07 Å². The molecular formula is C15H14FN3. The van der Waals surface area contributed by atoms with Crippen LogP contribution in [0.25, 0.3) is 11.0 Å². The Labute approximate surface area is 110 Å². The van der Waals surface area contributed by atoms with Gasteiger partial charge in [-0.3, -0.25) is 0 Å². The Kier molecular flexibility index (Phi) is 2.91. The summed E-state index contributed by atoms with van der Waals surface area (Å²) >= 11 is 0. The molecule has 1 heterocycles. The number of rotatable bonds is 3. The first-order valence-corrected chi connectivity index (χ1v) is 6.13. The Hall–Kier alpha value is -2.36. The lowest BCUT2D eigenvalue weighted by atomic mass is 10.2. The maximum Gasteiger partial charge on any atom is 0.203 e. The van der Waals surface area contributed by atoms with Crippen molar-refractivity contribution in [2.45, 2.75) is 6.54 Å². The van der Waals surface area contributed by atoms with Crippen LogP contribution in [0.3, 0.4) is 0 Å². The first kappa shape index (κ1) is 11.7. The largest absolute Gasteiger partial charge is 0.341 e. The molecular weight excluding hydrogens is 241 g/mol. The summed E-state index contributed by atoms with van der Waals surface area (Å²) in [7, 11) is 1.93. The second-order valence-corrected chi connectivity index (χ2v) is 4.56. The molecule has 0 fully saturated rings. The van der Waals surface area contributed by atoms with Crippen molar-refractivity contribution in [3.8, 4) is 0 Å². The Morgan fingerprint density at radius 1 is 1.16 bits per heavy atom. The average molecular weight is 255 g/mol. The number of anilines is 1. The molecule has 3 nitrogen and oxygen atoms in total. The second-order valence-electron chi connectivity index (χ2n) is 4.56. The van der Waals surface area contributed by atoms with Gasteiger partial charge in [0.05, 0.1) is 11.0 Å². The van der Waals surface area contributed by atoms with Crippen molar-refractivity contribution in [1.82, 2.24) is 9.97 Å². The topological polar surface area (TPSA) is 31.9 Å². The summed E-state index contributed by atoms with van der Waals surface area (Å²) in [6.07, 6.45) is 0. The molecule has 0 aliphatic rings. The van der Waals surface area contributed by atoms with E-state index in [1.807, 2.05) is 42.3 Å². The summed E-state index contributed by atoms with van der Waals surface area (Å²) in [5.74, 6) is 0.570. The maximum absolute atomic E-state index is 13.1. The molecule has 96 valence electrons. The summed E-state index contributed by atoms with van der Waals surface area (Å²) in [5.41, 5.74) is 2.86. The third-order valence-corrected chi connectivity index (χ3v) is 3.05. The van der Waals surface area contributed by atoms with Gasteiger partial charge in [0.25, 0.3) is 0 Å². The normalized spacial score (nSPS) is 10.8. The summed E-state index contributed by atoms with van der Waals surface area (Å²) in [6.45, 7) is 0.609. The fourth-order valence-corrected chi connectivity index (χ4v) is 2.10. The third kappa shape index (κ3) is 2.42. The molecule has 0 atom stereocenters. The number of H-pyrrole nitrogens is 1. The highest BCUT2D eigenvalue weighted by Crippen LogP contribution is 2.17. The van der Waals surface area contributed by atoms with Crippen molar-refractivity contribution in [1.29, 1.82) is 0 Å². The predicted octanol–water partition coefficient (Wildman–Crippen LogP) is 3.34. The number of aromatic nitrogens is 2. The first-order chi connectivity index (χ1) is 9.22. The fourth-order valence-electron chi connectivity index (χ4n) is 2.10. The molecule has 0 saturated heterocycles. The molecule has 0 aliphatic heterocycles. The molecule has 1 N–H and O–H groups in total. The molecule has 0 bridgehead atoms. The standard InChI is InChI=1S/C15H14FN3/c1-19(10-11-5-4-6-12(16)9-11)15-17-13-7-2-3-8-14(13)18-15/h2-9H,10H2,1H3,(H,17,18). The molecule has 0 spiro atoms. The number of nitrogens with one attached hydrogen (secondary N) is 1. The molecule has 0 aliphatic carbocycles. The lowest BCUT2D eigenvalue weighted by Crippen LogP contribution is -2.17. The highest BCUT2D eigenvalue weighted by atomic mass is 19.1. The van der Waals surface area contributed by atoms with Crippen LogP contribution in [0.5, 0.6) is 0 Å². The lowest BCUT2D eigenvalue weighted by Gasteiger charge is -2.15. The van der Waals surface area contributed by atoms with Crippen LogP contribution < -0.4 is 4.90 Å². The molecule has 3 rings (SSSR count). The number of benzene rings is 2. The van der Waals surface area contributed by atoms with Crippen molar-refractivity contribution >= 4 is 17.0 Å². The molecule has 1 aromatic heterocycles. The number of hydrogen-bond acceptors (Lipinski definition) is 2. The predicted molar refractivity (Wildman–Crippen MR) is 74.6 cm³/mol. The molecule has 0 radical (unpaired) electrons. The summed E-state index contributed by atoms with van der Waals surface area (Å²) in [5, 5.41) is 0. The van der Waals surface area contributed by atoms with Gasteiger partial charge in [0.1, 0.15) is 5.82 Å². The number of nitrogens with zero attached hydrogens (tertiary/aromatic N) is 2. The number of aromatic amines is 1. The van der Waals surface area contributed by atoms with Crippen molar-refractivity contribution < 1.29 is 4.39 Å². The smallest absolute Gasteiger partial charge is 0.203 e. The van der Waals surface area contributed by atoms with Gasteiger partial charge in [0.2, 0.25) is 5.95 Å². The quantitative estimate of drug-likeness (QED) is 0.778. The minimum absolute atomic E-state index is 0.212. The van der Waals surface area contributed by atoms with Crippen molar-refractivity contribution in [2.75, 3.05) is 11.9 Å². The van der Waals surface area contributed by atoms with E-state index >= 15 is 0 Å². The van der Waals surface area contributed by atoms with Gasteiger partial charge in [-0.25, -0.2) is 9.37 Å². The van der Waals surface area contributed by atoms with Crippen molar-refractivity contribution in [3.05, 3.63) is 59.9 Å². The highest BCUT2D eigenvalue weighted by Gasteiger charge is 2.07. The minimum atomic E-state index is -0.212. The number of halogens is 1. The molecule has 4 heteroatoms. The fraction of sp³-hybridized carbons (Fsp3) is 0.133. The van der Waals surface area contributed by atoms with Crippen LogP contribution in [0.1, 0.15) is 5.56 Å². The highest BCUT2D eigenvalue weighted by molar-refractivity contribution is 5.77. The number of imidazole rings is 1. The van der Waals surface area contributed by atoms with E-state index in [1.54, 1.807) is 12.1 Å². The minimum Gasteiger partial charge on any atom is -0.341 e. The van der Waals surface area contributed by atoms with E-state index in [4.69, 9.17) is 0 Å². The monoisotopic (exact) mass is 255 g/mol. The molecule has 3 aromatic rings. The summed E-state index contributed by atoms with van der Waals surface area (Å²) < 4.78 is 13.1. The van der Waals surface area contributed by atoms with Gasteiger partial charge >= 0.3 is 0 Å². The van der Waals surface area contributed by atoms with Crippen LogP contribution in [0.2, 0.25) is 0 Å². The van der Waals surface area contributed by atoms with Crippen LogP contribution in [0, 0.1) is 5.82 Å². The number of hydrogen-bond donors (Lipinski definition) is 1. The van der Waals surface area contributed by atoms with E-state index in [-0.39, 0.29) is 5.82 Å². The van der Waals surface area contributed by atoms with Crippen LogP contribution >= 0.6 is 0 Å². The number of para-hydroxylation sites is 2. The molecule has 0 unspecified atom stereocenters. The van der Waals surface area contributed by atoms with E-state index in [0.29, 0.717) is 6.54 Å². The molecule has 0 amide bonds. The van der Waals surface area contributed by atoms with E-state index in [2.05, 4.69) is 9.97 Å². The number of fused-ring (bicyclic) bond motifs is 1. The van der Waals surface area contributed by atoms with Gasteiger partial charge in [-0.2, -0.15) is 0 Å². The van der Waals surface area contributed by atoms with Crippen molar-refractivity contribution in [2.24, 2.45) is 0 Å². The van der Waals surface area contributed by atoms with Gasteiger partial charge in [-0.05, 0) is 29.8 Å². The van der Waals surface area contributed by atoms with E-state index < -0.39 is 0 Å². The van der Waals surface area contributed by atoms with E-state index in [9.17, 15) is 4.39 Å². The van der Waals surface area contributed by atoms with Gasteiger partial charge in [-0.15, -0.1) is 0 Å². The van der Waals surface area contributed by atoms with E-state index in [0.717, 1.165) is 22.5 Å². The van der Waals surface area contributed by atoms with Crippen LogP contribution in [-0.2, 0) is 6.54 Å². The zero-order valence-electron chi connectivity index (χ0n) is 10.6. The Balaban J connectivity index is 1.85. The van der Waals surface area contributed by atoms with Gasteiger partial charge in [0.15, 0.2) is 0 Å². The van der Waals surface area contributed by atoms with Gasteiger partial charge < -0.3 is 9.88 Å². The Morgan fingerprint density at radius 3 is 2.79 bits per heavy atom. The molecule has 19 heavy (non-hydrogen) atoms. The van der Waals surface area contributed by atoms with Gasteiger partial charge in [0, 0.05) is 13.6 Å². The Bertz CT molecular complexity index is 672. The second kappa shape index (κ2) is 4.72. The SMILES string of the molecule is CN(Cc1cccc(F)c1)c1nc2ccccc2[nH]1. The molecule has 2 aromatic carbocycles. The summed E-state index contributed by atoms with van der Waals surface area (Å²) in [4.78, 5) is 9.73. The van der Waals surface area contributed by atoms with Crippen molar-refractivity contribution in [3.63, 3.8) is 0 Å². The average Bonchev–Trinajstić information content (AvgIpc) is 2.82. The van der Waals surface area contributed by atoms with Crippen LogP contribution in [-0.4, -0.2) is 17.0 Å². The van der Waals surface area contributed by atoms with Gasteiger partial charge in [-0.1, -0.05) is 24.3 Å².